The van der Waals surface area contributed by atoms with Gasteiger partial charge in [0.15, 0.2) is 9.84 Å². The summed E-state index contributed by atoms with van der Waals surface area (Å²) in [4.78, 5) is 0.402. The lowest BCUT2D eigenvalue weighted by Crippen LogP contribution is -2.17. The molecule has 1 aliphatic carbocycles. The lowest BCUT2D eigenvalue weighted by atomic mass is 10.1. The number of sulfone groups is 1. The van der Waals surface area contributed by atoms with Gasteiger partial charge >= 0.3 is 0 Å². The highest BCUT2D eigenvalue weighted by molar-refractivity contribution is 7.90. The van der Waals surface area contributed by atoms with Gasteiger partial charge in [-0.05, 0) is 37.3 Å². The Hall–Kier alpha value is -1.03. The van der Waals surface area contributed by atoms with Gasteiger partial charge in [-0.25, -0.2) is 8.42 Å². The number of anilines is 1. The number of hydrogen-bond donors (Lipinski definition) is 1. The first kappa shape index (κ1) is 12.4. The lowest BCUT2D eigenvalue weighted by Gasteiger charge is -2.16. The van der Waals surface area contributed by atoms with E-state index in [0.717, 1.165) is 24.4 Å². The van der Waals surface area contributed by atoms with Crippen molar-refractivity contribution in [3.05, 3.63) is 24.3 Å². The predicted molar refractivity (Wildman–Crippen MR) is 70.0 cm³/mol. The Kier molecular flexibility index (Phi) is 3.43. The maximum atomic E-state index is 11.7. The molecule has 1 aliphatic rings. The third-order valence-electron chi connectivity index (χ3n) is 3.34. The van der Waals surface area contributed by atoms with Crippen molar-refractivity contribution in [1.29, 1.82) is 0 Å². The molecule has 1 aromatic carbocycles. The Labute approximate surface area is 103 Å². The summed E-state index contributed by atoms with van der Waals surface area (Å²) in [6.07, 6.45) is 4.72. The average Bonchev–Trinajstić information content (AvgIpc) is 2.63. The Balaban J connectivity index is 2.21. The summed E-state index contributed by atoms with van der Waals surface area (Å²) in [5.41, 5.74) is 0.745. The molecule has 1 N–H and O–H groups in total. The van der Waals surface area contributed by atoms with Crippen LogP contribution in [0.2, 0.25) is 0 Å². The summed E-state index contributed by atoms with van der Waals surface area (Å²) in [6.45, 7) is 2.24. The third-order valence-corrected chi connectivity index (χ3v) is 4.50. The fraction of sp³-hybridized carbons (Fsp3) is 0.538. The van der Waals surface area contributed by atoms with Crippen molar-refractivity contribution in [3.8, 4) is 0 Å². The maximum Gasteiger partial charge on any atom is 0.177 e. The van der Waals surface area contributed by atoms with Crippen molar-refractivity contribution in [3.63, 3.8) is 0 Å². The van der Waals surface area contributed by atoms with Gasteiger partial charge in [0.25, 0.3) is 0 Å². The van der Waals surface area contributed by atoms with E-state index in [9.17, 15) is 8.42 Å². The first-order valence-electron chi connectivity index (χ1n) is 6.02. The molecule has 2 atom stereocenters. The normalized spacial score (nSPS) is 24.8. The van der Waals surface area contributed by atoms with Gasteiger partial charge in [-0.15, -0.1) is 0 Å². The van der Waals surface area contributed by atoms with Gasteiger partial charge < -0.3 is 5.32 Å². The summed E-state index contributed by atoms with van der Waals surface area (Å²) >= 11 is 0. The first-order chi connectivity index (χ1) is 7.97. The van der Waals surface area contributed by atoms with E-state index in [1.807, 2.05) is 12.1 Å². The highest BCUT2D eigenvalue weighted by atomic mass is 32.2. The zero-order valence-electron chi connectivity index (χ0n) is 10.3. The van der Waals surface area contributed by atoms with Crippen LogP contribution in [0.3, 0.4) is 0 Å². The van der Waals surface area contributed by atoms with Crippen LogP contribution in [0.4, 0.5) is 5.69 Å². The maximum absolute atomic E-state index is 11.7. The van der Waals surface area contributed by atoms with Gasteiger partial charge in [0.05, 0.1) is 10.6 Å². The van der Waals surface area contributed by atoms with E-state index >= 15 is 0 Å². The van der Waals surface area contributed by atoms with Gasteiger partial charge in [0, 0.05) is 12.3 Å². The van der Waals surface area contributed by atoms with E-state index in [2.05, 4.69) is 12.2 Å². The fourth-order valence-electron chi connectivity index (χ4n) is 2.47. The lowest BCUT2D eigenvalue weighted by molar-refractivity contribution is 0.599. The number of hydrogen-bond acceptors (Lipinski definition) is 3. The fourth-order valence-corrected chi connectivity index (χ4v) is 3.32. The zero-order chi connectivity index (χ0) is 12.5. The van der Waals surface area contributed by atoms with E-state index in [4.69, 9.17) is 0 Å². The number of rotatable bonds is 3. The van der Waals surface area contributed by atoms with E-state index in [0.29, 0.717) is 10.9 Å². The summed E-state index contributed by atoms with van der Waals surface area (Å²) < 4.78 is 23.3. The van der Waals surface area contributed by atoms with Crippen molar-refractivity contribution >= 4 is 15.5 Å². The molecule has 17 heavy (non-hydrogen) atoms. The second kappa shape index (κ2) is 4.69. The minimum atomic E-state index is -3.15. The quantitative estimate of drug-likeness (QED) is 0.901. The molecule has 0 heterocycles. The molecule has 0 radical (unpaired) electrons. The van der Waals surface area contributed by atoms with Crippen molar-refractivity contribution in [2.45, 2.75) is 37.1 Å². The summed E-state index contributed by atoms with van der Waals surface area (Å²) in [7, 11) is -3.15. The molecule has 0 aliphatic heterocycles. The van der Waals surface area contributed by atoms with Gasteiger partial charge in [0.2, 0.25) is 0 Å². The molecule has 94 valence electrons. The largest absolute Gasteiger partial charge is 0.381 e. The monoisotopic (exact) mass is 253 g/mol. The standard InChI is InChI=1S/C13H19NO2S/c1-10-7-8-11(9-10)14-12-5-3-4-6-13(12)17(2,15)16/h3-6,10-11,14H,7-9H2,1-2H3. The van der Waals surface area contributed by atoms with Crippen LogP contribution in [0.25, 0.3) is 0 Å². The molecule has 0 aromatic heterocycles. The van der Waals surface area contributed by atoms with Crippen LogP contribution in [0, 0.1) is 5.92 Å². The van der Waals surface area contributed by atoms with Gasteiger partial charge in [-0.3, -0.25) is 0 Å². The van der Waals surface area contributed by atoms with E-state index in [1.165, 1.54) is 12.7 Å². The van der Waals surface area contributed by atoms with Crippen LogP contribution < -0.4 is 5.32 Å². The Morgan fingerprint density at radius 1 is 1.24 bits per heavy atom. The smallest absolute Gasteiger partial charge is 0.177 e. The Morgan fingerprint density at radius 3 is 2.53 bits per heavy atom. The number of benzene rings is 1. The molecule has 2 unspecified atom stereocenters. The molecule has 3 nitrogen and oxygen atoms in total. The molecule has 4 heteroatoms. The van der Waals surface area contributed by atoms with Gasteiger partial charge in [-0.1, -0.05) is 19.1 Å². The van der Waals surface area contributed by atoms with Crippen molar-refractivity contribution < 1.29 is 8.42 Å². The molecule has 1 aromatic rings. The molecular formula is C13H19NO2S. The van der Waals surface area contributed by atoms with Crippen LogP contribution >= 0.6 is 0 Å². The number of para-hydroxylation sites is 1. The molecule has 2 rings (SSSR count). The molecule has 1 saturated carbocycles. The summed E-state index contributed by atoms with van der Waals surface area (Å²) in [6, 6.07) is 7.55. The first-order valence-corrected chi connectivity index (χ1v) is 7.91. The third kappa shape index (κ3) is 3.00. The molecule has 0 bridgehead atoms. The SMILES string of the molecule is CC1CCC(Nc2ccccc2S(C)(=O)=O)C1. The Morgan fingerprint density at radius 2 is 1.94 bits per heavy atom. The molecule has 0 saturated heterocycles. The topological polar surface area (TPSA) is 46.2 Å². The molecular weight excluding hydrogens is 234 g/mol. The minimum absolute atomic E-state index is 0.402. The number of nitrogens with one attached hydrogen (secondary N) is 1. The Bertz CT molecular complexity index is 496. The van der Waals surface area contributed by atoms with Crippen LogP contribution in [-0.2, 0) is 9.84 Å². The summed E-state index contributed by atoms with van der Waals surface area (Å²) in [5.74, 6) is 0.734. The second-order valence-corrected chi connectivity index (χ2v) is 7.01. The highest BCUT2D eigenvalue weighted by Crippen LogP contribution is 2.29. The molecule has 0 spiro atoms. The van der Waals surface area contributed by atoms with Crippen molar-refractivity contribution in [1.82, 2.24) is 0 Å². The predicted octanol–water partition coefficient (Wildman–Crippen LogP) is 2.69. The van der Waals surface area contributed by atoms with Crippen LogP contribution in [-0.4, -0.2) is 20.7 Å². The van der Waals surface area contributed by atoms with E-state index in [-0.39, 0.29) is 0 Å². The van der Waals surface area contributed by atoms with Gasteiger partial charge in [-0.2, -0.15) is 0 Å². The summed E-state index contributed by atoms with van der Waals surface area (Å²) in [5, 5.41) is 3.37. The van der Waals surface area contributed by atoms with Crippen LogP contribution in [0.1, 0.15) is 26.2 Å². The average molecular weight is 253 g/mol. The van der Waals surface area contributed by atoms with Crippen LogP contribution in [0.15, 0.2) is 29.2 Å². The van der Waals surface area contributed by atoms with Crippen LogP contribution in [0.5, 0.6) is 0 Å². The molecule has 1 fully saturated rings. The zero-order valence-corrected chi connectivity index (χ0v) is 11.1. The molecule has 0 amide bonds. The van der Waals surface area contributed by atoms with Crippen molar-refractivity contribution in [2.24, 2.45) is 5.92 Å². The highest BCUT2D eigenvalue weighted by Gasteiger charge is 2.22. The van der Waals surface area contributed by atoms with E-state index < -0.39 is 9.84 Å². The second-order valence-electron chi connectivity index (χ2n) is 5.03. The van der Waals surface area contributed by atoms with Crippen molar-refractivity contribution in [2.75, 3.05) is 11.6 Å². The van der Waals surface area contributed by atoms with Gasteiger partial charge in [0.1, 0.15) is 0 Å². The minimum Gasteiger partial charge on any atom is -0.381 e. The van der Waals surface area contributed by atoms with E-state index in [1.54, 1.807) is 12.1 Å².